The monoisotopic (exact) mass is 405 g/mol. The average molecular weight is 405 g/mol. The highest BCUT2D eigenvalue weighted by molar-refractivity contribution is 7.90. The van der Waals surface area contributed by atoms with Crippen LogP contribution in [0.15, 0.2) is 90.1 Å². The lowest BCUT2D eigenvalue weighted by molar-refractivity contribution is -0.116. The Balaban J connectivity index is 1.65. The van der Waals surface area contributed by atoms with Gasteiger partial charge in [-0.25, -0.2) is 13.4 Å². The molecular formula is C22H19N3O3S. The molecule has 0 saturated carbocycles. The number of carbonyl (C=O) groups is 1. The largest absolute Gasteiger partial charge is 0.337 e. The lowest BCUT2D eigenvalue weighted by atomic mass is 10.2. The predicted octanol–water partition coefficient (Wildman–Crippen LogP) is 3.65. The third-order valence-corrected chi connectivity index (χ3v) is 6.24. The smallest absolute Gasteiger partial charge is 0.245 e. The summed E-state index contributed by atoms with van der Waals surface area (Å²) in [5.74, 6) is 0.0736. The number of pyridine rings is 1. The van der Waals surface area contributed by atoms with Gasteiger partial charge in [-0.05, 0) is 23.8 Å². The molecule has 2 aromatic carbocycles. The van der Waals surface area contributed by atoms with Crippen molar-refractivity contribution in [1.29, 1.82) is 0 Å². The first-order valence-electron chi connectivity index (χ1n) is 9.08. The van der Waals surface area contributed by atoms with Gasteiger partial charge in [0, 0.05) is 23.3 Å². The maximum atomic E-state index is 13.1. The van der Waals surface area contributed by atoms with E-state index in [9.17, 15) is 13.2 Å². The summed E-state index contributed by atoms with van der Waals surface area (Å²) in [6.45, 7) is -0.0159. The van der Waals surface area contributed by atoms with Gasteiger partial charge in [0.15, 0.2) is 9.84 Å². The van der Waals surface area contributed by atoms with Crippen molar-refractivity contribution < 1.29 is 13.2 Å². The summed E-state index contributed by atoms with van der Waals surface area (Å²) in [5.41, 5.74) is 1.41. The van der Waals surface area contributed by atoms with Gasteiger partial charge in [-0.2, -0.15) is 0 Å². The van der Waals surface area contributed by atoms with E-state index in [0.29, 0.717) is 16.7 Å². The Morgan fingerprint density at radius 3 is 2.41 bits per heavy atom. The van der Waals surface area contributed by atoms with Crippen molar-refractivity contribution in [1.82, 2.24) is 9.55 Å². The van der Waals surface area contributed by atoms with Gasteiger partial charge in [-0.3, -0.25) is 4.79 Å². The van der Waals surface area contributed by atoms with Crippen LogP contribution in [0.4, 0.5) is 5.82 Å². The SMILES string of the molecule is O=C(Cn1cc(S(=O)(=O)Cc2ccccc2)c2ccccc21)Nc1ccccn1. The van der Waals surface area contributed by atoms with Gasteiger partial charge in [0.2, 0.25) is 5.91 Å². The number of nitrogens with one attached hydrogen (secondary N) is 1. The van der Waals surface area contributed by atoms with Gasteiger partial charge < -0.3 is 9.88 Å². The van der Waals surface area contributed by atoms with Crippen LogP contribution in [0.25, 0.3) is 10.9 Å². The van der Waals surface area contributed by atoms with Crippen molar-refractivity contribution in [2.45, 2.75) is 17.2 Å². The molecule has 0 unspecified atom stereocenters. The molecule has 1 amide bonds. The summed E-state index contributed by atoms with van der Waals surface area (Å²) >= 11 is 0. The number of carbonyl (C=O) groups excluding carboxylic acids is 1. The number of amides is 1. The van der Waals surface area contributed by atoms with Gasteiger partial charge in [-0.15, -0.1) is 0 Å². The molecule has 2 heterocycles. The molecule has 0 spiro atoms. The maximum Gasteiger partial charge on any atom is 0.245 e. The fraction of sp³-hybridized carbons (Fsp3) is 0.0909. The van der Waals surface area contributed by atoms with Gasteiger partial charge in [0.25, 0.3) is 0 Å². The number of rotatable bonds is 6. The molecule has 29 heavy (non-hydrogen) atoms. The number of nitrogens with zero attached hydrogens (tertiary/aromatic N) is 2. The Hall–Kier alpha value is -3.45. The van der Waals surface area contributed by atoms with E-state index in [-0.39, 0.29) is 23.1 Å². The van der Waals surface area contributed by atoms with Crippen LogP contribution >= 0.6 is 0 Å². The molecule has 4 aromatic rings. The first kappa shape index (κ1) is 18.9. The highest BCUT2D eigenvalue weighted by Crippen LogP contribution is 2.28. The minimum Gasteiger partial charge on any atom is -0.337 e. The molecule has 7 heteroatoms. The normalized spacial score (nSPS) is 11.4. The Morgan fingerprint density at radius 2 is 1.66 bits per heavy atom. The van der Waals surface area contributed by atoms with Crippen LogP contribution < -0.4 is 5.32 Å². The van der Waals surface area contributed by atoms with Crippen LogP contribution in [0.2, 0.25) is 0 Å². The molecule has 4 rings (SSSR count). The first-order valence-corrected chi connectivity index (χ1v) is 10.7. The Labute approximate surface area is 168 Å². The highest BCUT2D eigenvalue weighted by atomic mass is 32.2. The Morgan fingerprint density at radius 1 is 0.931 bits per heavy atom. The van der Waals surface area contributed by atoms with Crippen LogP contribution in [0.3, 0.4) is 0 Å². The lowest BCUT2D eigenvalue weighted by Crippen LogP contribution is -2.18. The third-order valence-electron chi connectivity index (χ3n) is 4.53. The summed E-state index contributed by atoms with van der Waals surface area (Å²) in [6.07, 6.45) is 3.13. The quantitative estimate of drug-likeness (QED) is 0.531. The third kappa shape index (κ3) is 4.20. The van der Waals surface area contributed by atoms with E-state index in [2.05, 4.69) is 10.3 Å². The number of hydrogen-bond acceptors (Lipinski definition) is 4. The van der Waals surface area contributed by atoms with Gasteiger partial charge in [0.1, 0.15) is 12.4 Å². The summed E-state index contributed by atoms with van der Waals surface area (Å²) in [5, 5.41) is 3.33. The summed E-state index contributed by atoms with van der Waals surface area (Å²) < 4.78 is 27.8. The second-order valence-electron chi connectivity index (χ2n) is 6.65. The Bertz CT molecular complexity index is 1250. The van der Waals surface area contributed by atoms with Crippen molar-refractivity contribution in [2.75, 3.05) is 5.32 Å². The van der Waals surface area contributed by atoms with E-state index in [1.807, 2.05) is 30.3 Å². The van der Waals surface area contributed by atoms with E-state index in [1.165, 1.54) is 0 Å². The summed E-state index contributed by atoms with van der Waals surface area (Å²) in [7, 11) is -3.58. The number of para-hydroxylation sites is 1. The number of aromatic nitrogens is 2. The second-order valence-corrected chi connectivity index (χ2v) is 8.60. The molecule has 1 N–H and O–H groups in total. The summed E-state index contributed by atoms with van der Waals surface area (Å²) in [6, 6.07) is 21.5. The van der Waals surface area contributed by atoms with Crippen molar-refractivity contribution >= 4 is 32.5 Å². The molecule has 0 atom stereocenters. The van der Waals surface area contributed by atoms with Crippen LogP contribution in [0.1, 0.15) is 5.56 Å². The zero-order valence-corrected chi connectivity index (χ0v) is 16.3. The molecule has 0 saturated heterocycles. The number of hydrogen-bond donors (Lipinski definition) is 1. The number of benzene rings is 2. The van der Waals surface area contributed by atoms with Crippen molar-refractivity contribution in [3.8, 4) is 0 Å². The molecule has 146 valence electrons. The van der Waals surface area contributed by atoms with Crippen LogP contribution in [-0.4, -0.2) is 23.9 Å². The molecule has 6 nitrogen and oxygen atoms in total. The van der Waals surface area contributed by atoms with Crippen molar-refractivity contribution in [3.05, 3.63) is 90.8 Å². The number of anilines is 1. The molecule has 0 fully saturated rings. The Kier molecular flexibility index (Phi) is 5.14. The van der Waals surface area contributed by atoms with Gasteiger partial charge >= 0.3 is 0 Å². The first-order chi connectivity index (χ1) is 14.0. The second kappa shape index (κ2) is 7.89. The van der Waals surface area contributed by atoms with Crippen LogP contribution in [-0.2, 0) is 26.9 Å². The number of sulfone groups is 1. The molecule has 2 aromatic heterocycles. The van der Waals surface area contributed by atoms with Crippen LogP contribution in [0, 0.1) is 0 Å². The zero-order chi connectivity index (χ0) is 20.3. The van der Waals surface area contributed by atoms with Gasteiger partial charge in [0.05, 0.1) is 10.6 Å². The van der Waals surface area contributed by atoms with E-state index >= 15 is 0 Å². The standard InChI is InChI=1S/C22H19N3O3S/c26-22(24-21-12-6-7-13-23-21)15-25-14-20(18-10-4-5-11-19(18)25)29(27,28)16-17-8-2-1-3-9-17/h1-14H,15-16H2,(H,23,24,26). The predicted molar refractivity (Wildman–Crippen MR) is 112 cm³/mol. The molecular weight excluding hydrogens is 386 g/mol. The number of fused-ring (bicyclic) bond motifs is 1. The van der Waals surface area contributed by atoms with Crippen molar-refractivity contribution in [2.24, 2.45) is 0 Å². The average Bonchev–Trinajstić information content (AvgIpc) is 3.09. The molecule has 0 aliphatic rings. The molecule has 0 aliphatic carbocycles. The topological polar surface area (TPSA) is 81.1 Å². The zero-order valence-electron chi connectivity index (χ0n) is 15.5. The van der Waals surface area contributed by atoms with E-state index < -0.39 is 9.84 Å². The lowest BCUT2D eigenvalue weighted by Gasteiger charge is -2.06. The van der Waals surface area contributed by atoms with Crippen molar-refractivity contribution in [3.63, 3.8) is 0 Å². The maximum absolute atomic E-state index is 13.1. The summed E-state index contributed by atoms with van der Waals surface area (Å²) in [4.78, 5) is 16.8. The fourth-order valence-corrected chi connectivity index (χ4v) is 4.82. The minimum atomic E-state index is -3.58. The molecule has 0 radical (unpaired) electrons. The van der Waals surface area contributed by atoms with Crippen LogP contribution in [0.5, 0.6) is 0 Å². The molecule has 0 bridgehead atoms. The van der Waals surface area contributed by atoms with E-state index in [0.717, 1.165) is 5.56 Å². The van der Waals surface area contributed by atoms with Gasteiger partial charge in [-0.1, -0.05) is 54.6 Å². The van der Waals surface area contributed by atoms with E-state index in [1.54, 1.807) is 59.4 Å². The minimum absolute atomic E-state index is 0.0159. The fourth-order valence-electron chi connectivity index (χ4n) is 3.24. The molecule has 0 aliphatic heterocycles. The van der Waals surface area contributed by atoms with E-state index in [4.69, 9.17) is 0 Å². The highest BCUT2D eigenvalue weighted by Gasteiger charge is 2.22.